The second kappa shape index (κ2) is 7.30. The van der Waals surface area contributed by atoms with E-state index in [4.69, 9.17) is 33.9 Å². The van der Waals surface area contributed by atoms with Crippen molar-refractivity contribution < 1.29 is 4.79 Å². The normalized spacial score (nSPS) is 15.8. The smallest absolute Gasteiger partial charge is 0.248 e. The number of hydrogen-bond donors (Lipinski definition) is 2. The molecule has 1 atom stereocenters. The molecule has 1 aliphatic heterocycles. The van der Waals surface area contributed by atoms with Crippen LogP contribution in [0.25, 0.3) is 11.0 Å². The van der Waals surface area contributed by atoms with Crippen LogP contribution in [-0.4, -0.2) is 22.0 Å². The van der Waals surface area contributed by atoms with E-state index in [0.29, 0.717) is 28.1 Å². The van der Waals surface area contributed by atoms with Crippen LogP contribution >= 0.6 is 23.2 Å². The SMILES string of the molecule is CCC(CC)c1ccc(Cl)c2c1nc1n2C(c2ccc(C(N)=O)cc2Cl)CN1. The summed E-state index contributed by atoms with van der Waals surface area (Å²) in [5.41, 5.74) is 9.76. The fourth-order valence-electron chi connectivity index (χ4n) is 4.15. The number of halogens is 2. The predicted octanol–water partition coefficient (Wildman–Crippen LogP) is 5.36. The maximum atomic E-state index is 11.4. The van der Waals surface area contributed by atoms with Crippen molar-refractivity contribution in [1.29, 1.82) is 0 Å². The molecular weight excluding hydrogens is 395 g/mol. The lowest BCUT2D eigenvalue weighted by molar-refractivity contribution is 0.100. The average molecular weight is 417 g/mol. The summed E-state index contributed by atoms with van der Waals surface area (Å²) >= 11 is 13.1. The van der Waals surface area contributed by atoms with Gasteiger partial charge >= 0.3 is 0 Å². The predicted molar refractivity (Wildman–Crippen MR) is 115 cm³/mol. The highest BCUT2D eigenvalue weighted by molar-refractivity contribution is 6.35. The molecule has 0 saturated heterocycles. The maximum Gasteiger partial charge on any atom is 0.248 e. The van der Waals surface area contributed by atoms with Crippen molar-refractivity contribution >= 4 is 46.1 Å². The number of nitrogens with two attached hydrogens (primary N) is 1. The Balaban J connectivity index is 1.88. The average Bonchev–Trinajstić information content (AvgIpc) is 3.24. The molecule has 0 radical (unpaired) electrons. The van der Waals surface area contributed by atoms with Gasteiger partial charge in [0.1, 0.15) is 0 Å². The van der Waals surface area contributed by atoms with E-state index in [2.05, 4.69) is 29.8 Å². The fourth-order valence-corrected chi connectivity index (χ4v) is 4.70. The van der Waals surface area contributed by atoms with Crippen LogP contribution in [0, 0.1) is 0 Å². The molecule has 0 aliphatic carbocycles. The Morgan fingerprint density at radius 2 is 2.00 bits per heavy atom. The van der Waals surface area contributed by atoms with Gasteiger partial charge in [-0.3, -0.25) is 9.36 Å². The molecule has 2 aromatic carbocycles. The lowest BCUT2D eigenvalue weighted by Crippen LogP contribution is -2.14. The summed E-state index contributed by atoms with van der Waals surface area (Å²) in [4.78, 5) is 16.3. The number of amides is 1. The number of anilines is 1. The third kappa shape index (κ3) is 2.93. The highest BCUT2D eigenvalue weighted by atomic mass is 35.5. The Morgan fingerprint density at radius 3 is 2.64 bits per heavy atom. The summed E-state index contributed by atoms with van der Waals surface area (Å²) in [6.07, 6.45) is 2.10. The van der Waals surface area contributed by atoms with E-state index in [-0.39, 0.29) is 6.04 Å². The standard InChI is InChI=1S/C21H22Cl2N4O/c1-3-11(4-2)13-7-8-15(22)19-18(13)26-21-25-10-17(27(19)21)14-6-5-12(20(24)28)9-16(14)23/h5-9,11,17H,3-4,10H2,1-2H3,(H2,24,28)(H,25,26). The highest BCUT2D eigenvalue weighted by Crippen LogP contribution is 2.41. The van der Waals surface area contributed by atoms with Crippen LogP contribution in [0.15, 0.2) is 30.3 Å². The van der Waals surface area contributed by atoms with Gasteiger partial charge in [-0.25, -0.2) is 4.98 Å². The van der Waals surface area contributed by atoms with Crippen LogP contribution in [0.4, 0.5) is 5.95 Å². The van der Waals surface area contributed by atoms with Gasteiger partial charge in [0.15, 0.2) is 0 Å². The number of carbonyl (C=O) groups is 1. The molecule has 5 nitrogen and oxygen atoms in total. The Labute approximate surface area is 173 Å². The van der Waals surface area contributed by atoms with Crippen molar-refractivity contribution in [2.45, 2.75) is 38.6 Å². The van der Waals surface area contributed by atoms with Crippen LogP contribution in [0.1, 0.15) is 60.1 Å². The van der Waals surface area contributed by atoms with Crippen LogP contribution in [0.2, 0.25) is 10.0 Å². The Morgan fingerprint density at radius 1 is 1.25 bits per heavy atom. The first-order valence-electron chi connectivity index (χ1n) is 9.49. The van der Waals surface area contributed by atoms with Gasteiger partial charge in [-0.15, -0.1) is 0 Å². The largest absolute Gasteiger partial charge is 0.366 e. The lowest BCUT2D eigenvalue weighted by atomic mass is 9.93. The van der Waals surface area contributed by atoms with Crippen LogP contribution in [0.5, 0.6) is 0 Å². The number of benzene rings is 2. The maximum absolute atomic E-state index is 11.4. The highest BCUT2D eigenvalue weighted by Gasteiger charge is 2.31. The van der Waals surface area contributed by atoms with Gasteiger partial charge in [0.25, 0.3) is 0 Å². The number of imidazole rings is 1. The van der Waals surface area contributed by atoms with Crippen molar-refractivity contribution in [3.8, 4) is 0 Å². The Kier molecular flexibility index (Phi) is 4.98. The summed E-state index contributed by atoms with van der Waals surface area (Å²) in [6.45, 7) is 5.04. The molecule has 1 aromatic heterocycles. The zero-order valence-corrected chi connectivity index (χ0v) is 17.3. The summed E-state index contributed by atoms with van der Waals surface area (Å²) in [5, 5.41) is 4.55. The fraction of sp³-hybridized carbons (Fsp3) is 0.333. The van der Waals surface area contributed by atoms with Gasteiger partial charge in [-0.1, -0.05) is 49.2 Å². The molecular formula is C21H22Cl2N4O. The minimum Gasteiger partial charge on any atom is -0.366 e. The molecule has 4 rings (SSSR count). The van der Waals surface area contributed by atoms with Crippen LogP contribution in [-0.2, 0) is 0 Å². The van der Waals surface area contributed by atoms with Crippen molar-refractivity contribution in [3.05, 3.63) is 57.1 Å². The molecule has 0 spiro atoms. The third-order valence-corrected chi connectivity index (χ3v) is 6.29. The van der Waals surface area contributed by atoms with E-state index in [1.807, 2.05) is 12.1 Å². The molecule has 0 saturated carbocycles. The van der Waals surface area contributed by atoms with Crippen molar-refractivity contribution in [2.24, 2.45) is 5.73 Å². The molecule has 2 heterocycles. The molecule has 3 N–H and O–H groups in total. The number of nitrogens with zero attached hydrogens (tertiary/aromatic N) is 2. The molecule has 0 fully saturated rings. The number of hydrogen-bond acceptors (Lipinski definition) is 3. The summed E-state index contributed by atoms with van der Waals surface area (Å²) in [5.74, 6) is 0.729. The molecule has 1 aliphatic rings. The van der Waals surface area contributed by atoms with E-state index in [1.54, 1.807) is 12.1 Å². The second-order valence-electron chi connectivity index (χ2n) is 7.15. The van der Waals surface area contributed by atoms with Crippen LogP contribution < -0.4 is 11.1 Å². The van der Waals surface area contributed by atoms with E-state index in [0.717, 1.165) is 35.4 Å². The first kappa shape index (κ1) is 19.1. The number of primary amides is 1. The van der Waals surface area contributed by atoms with E-state index in [9.17, 15) is 4.79 Å². The quantitative estimate of drug-likeness (QED) is 0.587. The summed E-state index contributed by atoms with van der Waals surface area (Å²) < 4.78 is 2.12. The monoisotopic (exact) mass is 416 g/mol. The molecule has 146 valence electrons. The lowest BCUT2D eigenvalue weighted by Gasteiger charge is -2.18. The Bertz CT molecular complexity index is 1070. The van der Waals surface area contributed by atoms with Crippen molar-refractivity contribution in [2.75, 3.05) is 11.9 Å². The summed E-state index contributed by atoms with van der Waals surface area (Å²) in [6, 6.07) is 9.16. The number of rotatable bonds is 5. The molecule has 0 bridgehead atoms. The van der Waals surface area contributed by atoms with Gasteiger partial charge in [0, 0.05) is 17.1 Å². The van der Waals surface area contributed by atoms with Gasteiger partial charge in [-0.05, 0) is 48.1 Å². The topological polar surface area (TPSA) is 72.9 Å². The van der Waals surface area contributed by atoms with Crippen molar-refractivity contribution in [3.63, 3.8) is 0 Å². The number of aromatic nitrogens is 2. The zero-order chi connectivity index (χ0) is 20.0. The second-order valence-corrected chi connectivity index (χ2v) is 7.96. The van der Waals surface area contributed by atoms with Crippen molar-refractivity contribution in [1.82, 2.24) is 9.55 Å². The minimum absolute atomic E-state index is 0.0659. The summed E-state index contributed by atoms with van der Waals surface area (Å²) in [7, 11) is 0. The van der Waals surface area contributed by atoms with Gasteiger partial charge in [-0.2, -0.15) is 0 Å². The van der Waals surface area contributed by atoms with Gasteiger partial charge in [0.05, 0.1) is 22.1 Å². The molecule has 1 unspecified atom stereocenters. The Hall–Kier alpha value is -2.24. The minimum atomic E-state index is -0.496. The zero-order valence-electron chi connectivity index (χ0n) is 15.8. The molecule has 7 heteroatoms. The number of fused-ring (bicyclic) bond motifs is 3. The third-order valence-electron chi connectivity index (χ3n) is 5.65. The van der Waals surface area contributed by atoms with E-state index < -0.39 is 5.91 Å². The van der Waals surface area contributed by atoms with Crippen LogP contribution in [0.3, 0.4) is 0 Å². The number of nitrogens with one attached hydrogen (secondary N) is 1. The molecule has 1 amide bonds. The first-order valence-corrected chi connectivity index (χ1v) is 10.2. The van der Waals surface area contributed by atoms with E-state index in [1.165, 1.54) is 5.56 Å². The van der Waals surface area contributed by atoms with Gasteiger partial charge < -0.3 is 11.1 Å². The molecule has 3 aromatic rings. The van der Waals surface area contributed by atoms with Gasteiger partial charge in [0.2, 0.25) is 11.9 Å². The molecule has 28 heavy (non-hydrogen) atoms. The van der Waals surface area contributed by atoms with E-state index >= 15 is 0 Å². The first-order chi connectivity index (χ1) is 13.5. The number of carbonyl (C=O) groups excluding carboxylic acids is 1.